The third-order valence-corrected chi connectivity index (χ3v) is 6.23. The van der Waals surface area contributed by atoms with Crippen LogP contribution in [-0.4, -0.2) is 82.9 Å². The Kier molecular flexibility index (Phi) is 7.92. The second-order valence-corrected chi connectivity index (χ2v) is 8.93. The number of aromatic nitrogens is 5. The van der Waals surface area contributed by atoms with Crippen LogP contribution in [0.2, 0.25) is 0 Å². The Morgan fingerprint density at radius 2 is 1.73 bits per heavy atom. The van der Waals surface area contributed by atoms with Gasteiger partial charge in [-0.2, -0.15) is 0 Å². The van der Waals surface area contributed by atoms with E-state index in [1.165, 1.54) is 14.0 Å². The van der Waals surface area contributed by atoms with E-state index in [-0.39, 0.29) is 11.6 Å². The topological polar surface area (TPSA) is 176 Å². The number of hydrogen-bond donors (Lipinski definition) is 1. The van der Waals surface area contributed by atoms with Gasteiger partial charge in [-0.15, -0.1) is 0 Å². The highest BCUT2D eigenvalue weighted by Crippen LogP contribution is 2.31. The number of morpholine rings is 1. The quantitative estimate of drug-likeness (QED) is 0.341. The van der Waals surface area contributed by atoms with Crippen molar-refractivity contribution in [1.82, 2.24) is 24.9 Å². The first kappa shape index (κ1) is 27.3. The van der Waals surface area contributed by atoms with Crippen molar-refractivity contribution in [3.05, 3.63) is 48.9 Å². The van der Waals surface area contributed by atoms with Gasteiger partial charge in [-0.1, -0.05) is 12.1 Å². The summed E-state index contributed by atoms with van der Waals surface area (Å²) in [5, 5.41) is 0. The molecule has 1 aliphatic rings. The number of pyridine rings is 1. The fourth-order valence-corrected chi connectivity index (χ4v) is 4.22. The Morgan fingerprint density at radius 1 is 1.00 bits per heavy atom. The molecule has 1 aliphatic heterocycles. The van der Waals surface area contributed by atoms with Crippen LogP contribution in [0.1, 0.15) is 6.92 Å². The maximum atomic E-state index is 12.6. The van der Waals surface area contributed by atoms with E-state index >= 15 is 0 Å². The summed E-state index contributed by atoms with van der Waals surface area (Å²) in [5.41, 5.74) is 9.01. The molecule has 4 heterocycles. The Bertz CT molecular complexity index is 1610. The maximum absolute atomic E-state index is 12.6. The number of nitrogens with two attached hydrogens (primary N) is 1. The third kappa shape index (κ3) is 6.01. The molecule has 0 radical (unpaired) electrons. The highest BCUT2D eigenvalue weighted by molar-refractivity contribution is 6.11. The van der Waals surface area contributed by atoms with Crippen molar-refractivity contribution >= 4 is 46.5 Å². The number of fused-ring (bicyclic) bond motifs is 1. The molecule has 210 valence electrons. The maximum Gasteiger partial charge on any atom is 0.421 e. The Labute approximate surface area is 234 Å². The van der Waals surface area contributed by atoms with Gasteiger partial charge in [-0.25, -0.2) is 34.4 Å². The predicted octanol–water partition coefficient (Wildman–Crippen LogP) is 2.23. The van der Waals surface area contributed by atoms with Crippen LogP contribution in [0.25, 0.3) is 33.5 Å². The van der Waals surface area contributed by atoms with Gasteiger partial charge in [0.2, 0.25) is 11.9 Å². The Balaban J connectivity index is 1.55. The van der Waals surface area contributed by atoms with E-state index in [0.717, 1.165) is 4.90 Å². The molecule has 14 nitrogen and oxygen atoms in total. The highest BCUT2D eigenvalue weighted by atomic mass is 16.6. The molecule has 14 heteroatoms. The summed E-state index contributed by atoms with van der Waals surface area (Å²) in [7, 11) is 1.17. The zero-order chi connectivity index (χ0) is 28.9. The monoisotopic (exact) mass is 558 g/mol. The van der Waals surface area contributed by atoms with Crippen molar-refractivity contribution in [2.24, 2.45) is 0 Å². The van der Waals surface area contributed by atoms with E-state index in [9.17, 15) is 14.4 Å². The van der Waals surface area contributed by atoms with Gasteiger partial charge in [0.1, 0.15) is 5.52 Å². The molecule has 0 aliphatic carbocycles. The van der Waals surface area contributed by atoms with Crippen molar-refractivity contribution in [1.29, 1.82) is 0 Å². The molecule has 4 aromatic rings. The average Bonchev–Trinajstić information content (AvgIpc) is 3.00. The molecule has 1 saturated heterocycles. The van der Waals surface area contributed by atoms with Crippen LogP contribution >= 0.6 is 0 Å². The average molecular weight is 559 g/mol. The van der Waals surface area contributed by atoms with E-state index in [4.69, 9.17) is 30.2 Å². The molecule has 0 atom stereocenters. The molecule has 1 aromatic carbocycles. The van der Waals surface area contributed by atoms with E-state index in [0.29, 0.717) is 65.7 Å². The third-order valence-electron chi connectivity index (χ3n) is 6.23. The number of benzene rings is 1. The summed E-state index contributed by atoms with van der Waals surface area (Å²) >= 11 is 0. The molecular formula is C27H26N8O6. The second kappa shape index (κ2) is 11.9. The number of hydrogen-bond acceptors (Lipinski definition) is 13. The number of amides is 2. The lowest BCUT2D eigenvalue weighted by Crippen LogP contribution is -2.37. The first-order valence-corrected chi connectivity index (χ1v) is 12.6. The van der Waals surface area contributed by atoms with Gasteiger partial charge in [-0.3, -0.25) is 9.78 Å². The van der Waals surface area contributed by atoms with Gasteiger partial charge in [0, 0.05) is 44.2 Å². The number of carbonyl (C=O) groups excluding carboxylic acids is 3. The van der Waals surface area contributed by atoms with Crippen LogP contribution in [0.4, 0.5) is 22.2 Å². The molecule has 0 unspecified atom stereocenters. The number of nitrogen functional groups attached to an aromatic ring is 1. The Morgan fingerprint density at radius 3 is 2.44 bits per heavy atom. The van der Waals surface area contributed by atoms with E-state index < -0.39 is 24.6 Å². The first-order chi connectivity index (χ1) is 19.8. The molecule has 0 spiro atoms. The van der Waals surface area contributed by atoms with Gasteiger partial charge in [0.05, 0.1) is 37.1 Å². The fourth-order valence-electron chi connectivity index (χ4n) is 4.22. The van der Waals surface area contributed by atoms with Crippen LogP contribution in [0.5, 0.6) is 0 Å². The minimum atomic E-state index is -1.00. The summed E-state index contributed by atoms with van der Waals surface area (Å²) in [5.74, 6) is -0.141. The summed E-state index contributed by atoms with van der Waals surface area (Å²) in [6.07, 6.45) is 3.79. The zero-order valence-electron chi connectivity index (χ0n) is 22.3. The van der Waals surface area contributed by atoms with Crippen molar-refractivity contribution in [2.75, 3.05) is 55.6 Å². The SMILES string of the molecule is COC(=O)COC(=O)N(C(C)=O)c1cccc(-c2cnc3c(N4CCOCC4)nc(-c4cnc(N)nc4)nc3c2)c1. The minimum Gasteiger partial charge on any atom is -0.466 e. The number of carbonyl (C=O) groups is 3. The number of anilines is 3. The summed E-state index contributed by atoms with van der Waals surface area (Å²) < 4.78 is 14.9. The highest BCUT2D eigenvalue weighted by Gasteiger charge is 2.24. The lowest BCUT2D eigenvalue weighted by Gasteiger charge is -2.28. The number of imide groups is 1. The molecular weight excluding hydrogens is 532 g/mol. The molecule has 2 N–H and O–H groups in total. The van der Waals surface area contributed by atoms with Gasteiger partial charge in [-0.05, 0) is 23.8 Å². The van der Waals surface area contributed by atoms with Crippen LogP contribution in [-0.2, 0) is 23.8 Å². The molecule has 41 heavy (non-hydrogen) atoms. The summed E-state index contributed by atoms with van der Waals surface area (Å²) in [6.45, 7) is 3.00. The van der Waals surface area contributed by atoms with Crippen molar-refractivity contribution in [2.45, 2.75) is 6.92 Å². The van der Waals surface area contributed by atoms with Crippen molar-refractivity contribution in [3.8, 4) is 22.5 Å². The molecule has 5 rings (SSSR count). The Hall–Kier alpha value is -5.24. The second-order valence-electron chi connectivity index (χ2n) is 8.93. The largest absolute Gasteiger partial charge is 0.466 e. The number of rotatable bonds is 6. The first-order valence-electron chi connectivity index (χ1n) is 12.6. The smallest absolute Gasteiger partial charge is 0.421 e. The fraction of sp³-hybridized carbons (Fsp3) is 0.259. The van der Waals surface area contributed by atoms with Crippen LogP contribution < -0.4 is 15.5 Å². The van der Waals surface area contributed by atoms with E-state index in [1.54, 1.807) is 36.8 Å². The van der Waals surface area contributed by atoms with E-state index in [2.05, 4.69) is 19.6 Å². The normalized spacial score (nSPS) is 13.1. The van der Waals surface area contributed by atoms with Gasteiger partial charge in [0.25, 0.3) is 0 Å². The molecule has 0 saturated carbocycles. The van der Waals surface area contributed by atoms with Gasteiger partial charge < -0.3 is 24.8 Å². The summed E-state index contributed by atoms with van der Waals surface area (Å²) in [4.78, 5) is 61.7. The number of nitrogens with zero attached hydrogens (tertiary/aromatic N) is 7. The van der Waals surface area contributed by atoms with E-state index in [1.807, 2.05) is 12.1 Å². The van der Waals surface area contributed by atoms with Crippen LogP contribution in [0.15, 0.2) is 48.9 Å². The predicted molar refractivity (Wildman–Crippen MR) is 148 cm³/mol. The number of esters is 1. The summed E-state index contributed by atoms with van der Waals surface area (Å²) in [6, 6.07) is 8.57. The van der Waals surface area contributed by atoms with Crippen LogP contribution in [0, 0.1) is 0 Å². The van der Waals surface area contributed by atoms with Crippen molar-refractivity contribution < 1.29 is 28.6 Å². The molecule has 3 aromatic heterocycles. The number of ether oxygens (including phenoxy) is 3. The lowest BCUT2D eigenvalue weighted by molar-refractivity contribution is -0.144. The zero-order valence-corrected chi connectivity index (χ0v) is 22.3. The van der Waals surface area contributed by atoms with Crippen LogP contribution in [0.3, 0.4) is 0 Å². The number of methoxy groups -OCH3 is 1. The van der Waals surface area contributed by atoms with Gasteiger partial charge in [0.15, 0.2) is 18.2 Å². The molecule has 0 bridgehead atoms. The minimum absolute atomic E-state index is 0.139. The molecule has 2 amide bonds. The van der Waals surface area contributed by atoms with Crippen molar-refractivity contribution in [3.63, 3.8) is 0 Å². The molecule has 1 fully saturated rings. The lowest BCUT2D eigenvalue weighted by atomic mass is 10.1. The standard InChI is InChI=1S/C27H26N8O6/c1-16(36)35(27(38)41-15-22(37)39-2)20-5-3-4-17(10-20)18-11-21-23(29-12-18)25(34-6-8-40-9-7-34)33-24(32-21)19-13-30-26(28)31-14-19/h3-5,10-14H,6-9,15H2,1-2H3,(H2,28,30,31). The van der Waals surface area contributed by atoms with Gasteiger partial charge >= 0.3 is 12.1 Å².